The molecule has 0 fully saturated rings. The van der Waals surface area contributed by atoms with Crippen molar-refractivity contribution in [1.82, 2.24) is 4.90 Å². The Balaban J connectivity index is 2.18. The van der Waals surface area contributed by atoms with Crippen molar-refractivity contribution >= 4 is 45.0 Å². The van der Waals surface area contributed by atoms with E-state index in [9.17, 15) is 9.59 Å². The minimum atomic E-state index is -0.457. The highest BCUT2D eigenvalue weighted by molar-refractivity contribution is 9.10. The molecule has 19 heavy (non-hydrogen) atoms. The molecule has 0 aromatic heterocycles. The summed E-state index contributed by atoms with van der Waals surface area (Å²) in [4.78, 5) is 24.4. The normalized spacial score (nSPS) is 14.9. The Labute approximate surface area is 123 Å². The smallest absolute Gasteiger partial charge is 0.277 e. The highest BCUT2D eigenvalue weighted by Crippen LogP contribution is 2.28. The predicted octanol–water partition coefficient (Wildman–Crippen LogP) is 1.76. The first-order valence-corrected chi connectivity index (χ1v) is 6.60. The number of aliphatic hydroxyl groups excluding tert-OH is 1. The number of hydrogen-bond acceptors (Lipinski definition) is 4. The molecule has 1 aromatic rings. The lowest BCUT2D eigenvalue weighted by atomic mass is 10.3. The Bertz CT molecular complexity index is 574. The number of rotatable bonds is 4. The van der Waals surface area contributed by atoms with E-state index in [1.807, 2.05) is 0 Å². The van der Waals surface area contributed by atoms with Gasteiger partial charge in [-0.2, -0.15) is 0 Å². The third-order valence-corrected chi connectivity index (χ3v) is 3.42. The zero-order valence-electron chi connectivity index (χ0n) is 9.69. The van der Waals surface area contributed by atoms with Crippen LogP contribution in [0.3, 0.4) is 0 Å². The van der Waals surface area contributed by atoms with Gasteiger partial charge in [-0.3, -0.25) is 14.5 Å². The zero-order chi connectivity index (χ0) is 14.0. The number of aliphatic hydroxyl groups is 1. The molecular formula is C12H10BrClN2O3. The number of hydrogen-bond donors (Lipinski definition) is 2. The van der Waals surface area contributed by atoms with Crippen LogP contribution in [0.25, 0.3) is 0 Å². The fraction of sp³-hybridized carbons (Fsp3) is 0.167. The lowest BCUT2D eigenvalue weighted by molar-refractivity contribution is -0.137. The molecule has 0 atom stereocenters. The van der Waals surface area contributed by atoms with Crippen LogP contribution in [-0.2, 0) is 9.59 Å². The molecule has 2 rings (SSSR count). The number of imide groups is 1. The van der Waals surface area contributed by atoms with Gasteiger partial charge < -0.3 is 10.4 Å². The fourth-order valence-corrected chi connectivity index (χ4v) is 2.43. The molecule has 1 heterocycles. The van der Waals surface area contributed by atoms with Crippen LogP contribution in [0, 0.1) is 0 Å². The highest BCUT2D eigenvalue weighted by atomic mass is 79.9. The molecular weight excluding hydrogens is 336 g/mol. The molecule has 1 aliphatic rings. The molecule has 0 spiro atoms. The number of nitrogens with one attached hydrogen (secondary N) is 1. The van der Waals surface area contributed by atoms with Gasteiger partial charge in [-0.15, -0.1) is 0 Å². The summed E-state index contributed by atoms with van der Waals surface area (Å²) >= 11 is 9.13. The van der Waals surface area contributed by atoms with Gasteiger partial charge in [-0.05, 0) is 34.1 Å². The van der Waals surface area contributed by atoms with Crippen LogP contribution >= 0.6 is 27.5 Å². The van der Waals surface area contributed by atoms with E-state index in [4.69, 9.17) is 16.7 Å². The van der Waals surface area contributed by atoms with Crippen molar-refractivity contribution in [2.75, 3.05) is 18.5 Å². The number of anilines is 1. The summed E-state index contributed by atoms with van der Waals surface area (Å²) < 4.78 is 0.682. The second-order valence-corrected chi connectivity index (χ2v) is 5.12. The molecule has 0 saturated carbocycles. The van der Waals surface area contributed by atoms with Crippen LogP contribution in [-0.4, -0.2) is 35.0 Å². The van der Waals surface area contributed by atoms with Gasteiger partial charge in [-0.25, -0.2) is 0 Å². The first-order valence-electron chi connectivity index (χ1n) is 5.43. The summed E-state index contributed by atoms with van der Waals surface area (Å²) in [5.74, 6) is -0.896. The topological polar surface area (TPSA) is 69.6 Å². The van der Waals surface area contributed by atoms with E-state index in [-0.39, 0.29) is 18.8 Å². The maximum atomic E-state index is 11.9. The quantitative estimate of drug-likeness (QED) is 0.816. The second kappa shape index (κ2) is 5.73. The van der Waals surface area contributed by atoms with Crippen LogP contribution in [0.2, 0.25) is 5.02 Å². The maximum Gasteiger partial charge on any atom is 0.277 e. The summed E-state index contributed by atoms with van der Waals surface area (Å²) in [5.41, 5.74) is 0.795. The average molecular weight is 346 g/mol. The Hall–Kier alpha value is -1.37. The number of halogens is 2. The molecule has 1 aliphatic heterocycles. The van der Waals surface area contributed by atoms with E-state index in [1.54, 1.807) is 18.2 Å². The third kappa shape index (κ3) is 2.97. The van der Waals surface area contributed by atoms with Crippen molar-refractivity contribution in [2.24, 2.45) is 0 Å². The fourth-order valence-electron chi connectivity index (χ4n) is 1.65. The molecule has 2 amide bonds. The van der Waals surface area contributed by atoms with Crippen molar-refractivity contribution < 1.29 is 14.7 Å². The standard InChI is InChI=1S/C12H10BrClN2O3/c13-8-5-7(14)1-2-9(8)15-10-6-11(18)16(3-4-17)12(10)19/h1-2,5-6,15,17H,3-4H2. The minimum Gasteiger partial charge on any atom is -0.395 e. The minimum absolute atomic E-state index is 0.0128. The Morgan fingerprint density at radius 2 is 2.11 bits per heavy atom. The second-order valence-electron chi connectivity index (χ2n) is 3.83. The van der Waals surface area contributed by atoms with Crippen molar-refractivity contribution in [3.63, 3.8) is 0 Å². The third-order valence-electron chi connectivity index (χ3n) is 2.53. The van der Waals surface area contributed by atoms with Gasteiger partial charge in [0.2, 0.25) is 0 Å². The van der Waals surface area contributed by atoms with Crippen LogP contribution in [0.4, 0.5) is 5.69 Å². The Kier molecular flexibility index (Phi) is 4.24. The average Bonchev–Trinajstić information content (AvgIpc) is 2.61. The van der Waals surface area contributed by atoms with E-state index in [0.29, 0.717) is 15.2 Å². The molecule has 0 unspecified atom stereocenters. The molecule has 7 heteroatoms. The van der Waals surface area contributed by atoms with Crippen molar-refractivity contribution in [3.8, 4) is 0 Å². The molecule has 0 saturated heterocycles. The van der Waals surface area contributed by atoms with E-state index in [0.717, 1.165) is 4.90 Å². The summed E-state index contributed by atoms with van der Waals surface area (Å²) in [6, 6.07) is 5.04. The van der Waals surface area contributed by atoms with Gasteiger partial charge in [0.15, 0.2) is 0 Å². The van der Waals surface area contributed by atoms with Gasteiger partial charge in [0.25, 0.3) is 11.8 Å². The van der Waals surface area contributed by atoms with Gasteiger partial charge in [0.1, 0.15) is 5.70 Å². The van der Waals surface area contributed by atoms with Gasteiger partial charge in [-0.1, -0.05) is 11.6 Å². The molecule has 0 radical (unpaired) electrons. The SMILES string of the molecule is O=C1C=C(Nc2ccc(Cl)cc2Br)C(=O)N1CCO. The number of nitrogens with zero attached hydrogens (tertiary/aromatic N) is 1. The first-order chi connectivity index (χ1) is 9.02. The van der Waals surface area contributed by atoms with Crippen molar-refractivity contribution in [2.45, 2.75) is 0 Å². The monoisotopic (exact) mass is 344 g/mol. The molecule has 100 valence electrons. The van der Waals surface area contributed by atoms with E-state index in [1.165, 1.54) is 6.08 Å². The van der Waals surface area contributed by atoms with Crippen LogP contribution in [0.15, 0.2) is 34.4 Å². The summed E-state index contributed by atoms with van der Waals surface area (Å²) in [6.45, 7) is -0.273. The molecule has 0 bridgehead atoms. The zero-order valence-corrected chi connectivity index (χ0v) is 12.0. The van der Waals surface area contributed by atoms with Crippen LogP contribution < -0.4 is 5.32 Å². The number of carbonyl (C=O) groups excluding carboxylic acids is 2. The van der Waals surface area contributed by atoms with Gasteiger partial charge >= 0.3 is 0 Å². The number of carbonyl (C=O) groups is 2. The molecule has 1 aromatic carbocycles. The van der Waals surface area contributed by atoms with Crippen LogP contribution in [0.5, 0.6) is 0 Å². The van der Waals surface area contributed by atoms with Gasteiger partial charge in [0, 0.05) is 15.6 Å². The summed E-state index contributed by atoms with van der Waals surface area (Å²) in [7, 11) is 0. The lowest BCUT2D eigenvalue weighted by Gasteiger charge is -2.14. The number of amides is 2. The highest BCUT2D eigenvalue weighted by Gasteiger charge is 2.30. The van der Waals surface area contributed by atoms with E-state index >= 15 is 0 Å². The Morgan fingerprint density at radius 1 is 1.37 bits per heavy atom. The van der Waals surface area contributed by atoms with Gasteiger partial charge in [0.05, 0.1) is 18.8 Å². The van der Waals surface area contributed by atoms with E-state index < -0.39 is 11.8 Å². The predicted molar refractivity (Wildman–Crippen MR) is 74.7 cm³/mol. The molecule has 0 aliphatic carbocycles. The largest absolute Gasteiger partial charge is 0.395 e. The molecule has 5 nitrogen and oxygen atoms in total. The van der Waals surface area contributed by atoms with Crippen molar-refractivity contribution in [3.05, 3.63) is 39.5 Å². The molecule has 2 N–H and O–H groups in total. The summed E-state index contributed by atoms with van der Waals surface area (Å²) in [5, 5.41) is 12.2. The number of β-amino-alcohol motifs (C(OH)–C–C–N with tert-alkyl or cyclic N) is 1. The summed E-state index contributed by atoms with van der Waals surface area (Å²) in [6.07, 6.45) is 1.21. The van der Waals surface area contributed by atoms with E-state index in [2.05, 4.69) is 21.2 Å². The van der Waals surface area contributed by atoms with Crippen molar-refractivity contribution in [1.29, 1.82) is 0 Å². The number of benzene rings is 1. The first kappa shape index (κ1) is 14.0. The lowest BCUT2D eigenvalue weighted by Crippen LogP contribution is -2.34. The Morgan fingerprint density at radius 3 is 2.74 bits per heavy atom. The van der Waals surface area contributed by atoms with Crippen LogP contribution in [0.1, 0.15) is 0 Å². The maximum absolute atomic E-state index is 11.9.